The molecule has 0 rings (SSSR count). The molecule has 21 heavy (non-hydrogen) atoms. The van der Waals surface area contributed by atoms with Gasteiger partial charge in [-0.15, -0.1) is 0 Å². The average Bonchev–Trinajstić information content (AvgIpc) is 2.40. The summed E-state index contributed by atoms with van der Waals surface area (Å²) in [6.07, 6.45) is 0.444. The first-order chi connectivity index (χ1) is 9.08. The van der Waals surface area contributed by atoms with Crippen molar-refractivity contribution in [3.8, 4) is 0 Å². The third kappa shape index (κ3) is 118. The maximum absolute atomic E-state index is 9.26. The number of carboxylic acid groups (broad SMARTS) is 4. The van der Waals surface area contributed by atoms with E-state index in [1.54, 1.807) is 0 Å². The van der Waals surface area contributed by atoms with Crippen molar-refractivity contribution >= 4 is 23.9 Å². The van der Waals surface area contributed by atoms with Crippen molar-refractivity contribution in [2.45, 2.75) is 53.4 Å². The summed E-state index contributed by atoms with van der Waals surface area (Å²) in [7, 11) is 0. The Labute approximate surface area is 139 Å². The fraction of sp³-hybridized carbons (Fsp3) is 0.667. The molecule has 0 aromatic rings. The molecule has 9 heteroatoms. The SMILES string of the molecule is CCC(=O)[O-].CCC(=O)[O-].CCC(=O)[O-].CCC(=O)[O-].[Ti+4]. The van der Waals surface area contributed by atoms with E-state index in [0.717, 1.165) is 0 Å². The minimum absolute atomic E-state index is 0. The smallest absolute Gasteiger partial charge is 0.550 e. The average molecular weight is 340 g/mol. The van der Waals surface area contributed by atoms with Gasteiger partial charge in [0.25, 0.3) is 0 Å². The predicted octanol–water partition coefficient (Wildman–Crippen LogP) is -3.42. The molecule has 0 aliphatic rings. The number of carbonyl (C=O) groups excluding carboxylic acids is 4. The van der Waals surface area contributed by atoms with Crippen LogP contribution in [0.3, 0.4) is 0 Å². The Hall–Kier alpha value is -1.41. The van der Waals surface area contributed by atoms with E-state index in [4.69, 9.17) is 0 Å². The van der Waals surface area contributed by atoms with Gasteiger partial charge in [-0.3, -0.25) is 0 Å². The van der Waals surface area contributed by atoms with Crippen LogP contribution < -0.4 is 20.4 Å². The van der Waals surface area contributed by atoms with Crippen LogP contribution in [0.15, 0.2) is 0 Å². The largest absolute Gasteiger partial charge is 4.00 e. The number of hydrogen-bond acceptors (Lipinski definition) is 8. The van der Waals surface area contributed by atoms with E-state index in [1.807, 2.05) is 0 Å². The Morgan fingerprint density at radius 2 is 0.571 bits per heavy atom. The molecule has 0 unspecified atom stereocenters. The molecule has 0 radical (unpaired) electrons. The zero-order chi connectivity index (χ0) is 17.1. The van der Waals surface area contributed by atoms with Gasteiger partial charge in [0.15, 0.2) is 0 Å². The summed E-state index contributed by atoms with van der Waals surface area (Å²) in [6, 6.07) is 0. The topological polar surface area (TPSA) is 161 Å². The molecule has 0 aliphatic carbocycles. The Morgan fingerprint density at radius 1 is 0.524 bits per heavy atom. The summed E-state index contributed by atoms with van der Waals surface area (Å²) in [4.78, 5) is 37.0. The van der Waals surface area contributed by atoms with Crippen LogP contribution in [0.5, 0.6) is 0 Å². The van der Waals surface area contributed by atoms with Crippen LogP contribution >= 0.6 is 0 Å². The quantitative estimate of drug-likeness (QED) is 0.478. The summed E-state index contributed by atoms with van der Waals surface area (Å²) in [5.74, 6) is -3.98. The molecule has 8 nitrogen and oxygen atoms in total. The second-order valence-corrected chi connectivity index (χ2v) is 2.90. The van der Waals surface area contributed by atoms with Crippen molar-refractivity contribution < 1.29 is 61.3 Å². The maximum Gasteiger partial charge on any atom is 4.00 e. The van der Waals surface area contributed by atoms with Gasteiger partial charge in [-0.2, -0.15) is 0 Å². The van der Waals surface area contributed by atoms with Gasteiger partial charge in [-0.05, 0) is 25.7 Å². The number of carbonyl (C=O) groups is 4. The van der Waals surface area contributed by atoms with E-state index in [-0.39, 0.29) is 47.4 Å². The monoisotopic (exact) mass is 340 g/mol. The van der Waals surface area contributed by atoms with Gasteiger partial charge in [0.2, 0.25) is 0 Å². The van der Waals surface area contributed by atoms with Crippen LogP contribution in [0.4, 0.5) is 0 Å². The van der Waals surface area contributed by atoms with Gasteiger partial charge < -0.3 is 39.6 Å². The molecular formula is C12H20O8Ti. The number of rotatable bonds is 4. The molecular weight excluding hydrogens is 320 g/mol. The zero-order valence-electron chi connectivity index (χ0n) is 12.6. The first-order valence-corrected chi connectivity index (χ1v) is 5.88. The minimum Gasteiger partial charge on any atom is -0.550 e. The van der Waals surface area contributed by atoms with Crippen LogP contribution in [-0.4, -0.2) is 23.9 Å². The van der Waals surface area contributed by atoms with Gasteiger partial charge in [0, 0.05) is 23.9 Å². The molecule has 0 amide bonds. The fourth-order valence-electron chi connectivity index (χ4n) is 0. The second-order valence-electron chi connectivity index (χ2n) is 2.90. The third-order valence-corrected chi connectivity index (χ3v) is 1.15. The Balaban J connectivity index is -0.0000000533. The van der Waals surface area contributed by atoms with Crippen molar-refractivity contribution in [1.82, 2.24) is 0 Å². The van der Waals surface area contributed by atoms with Crippen LogP contribution in [-0.2, 0) is 40.9 Å². The Bertz CT molecular complexity index is 222. The predicted molar refractivity (Wildman–Crippen MR) is 61.2 cm³/mol. The summed E-state index contributed by atoms with van der Waals surface area (Å²) in [6.45, 7) is 6.15. The van der Waals surface area contributed by atoms with Crippen molar-refractivity contribution in [2.24, 2.45) is 0 Å². The third-order valence-electron chi connectivity index (χ3n) is 1.15. The minimum atomic E-state index is -0.995. The van der Waals surface area contributed by atoms with Crippen LogP contribution in [0.1, 0.15) is 53.4 Å². The van der Waals surface area contributed by atoms with Crippen LogP contribution in [0.2, 0.25) is 0 Å². The van der Waals surface area contributed by atoms with Gasteiger partial charge in [0.05, 0.1) is 0 Å². The first-order valence-electron chi connectivity index (χ1n) is 5.88. The standard InChI is InChI=1S/4C3H6O2.Ti/c4*1-2-3(4)5;/h4*2H2,1H3,(H,4,5);/q;;;;+4/p-4. The van der Waals surface area contributed by atoms with E-state index >= 15 is 0 Å². The van der Waals surface area contributed by atoms with Crippen LogP contribution in [0, 0.1) is 0 Å². The summed E-state index contributed by atoms with van der Waals surface area (Å²) in [5.41, 5.74) is 0. The number of carboxylic acids is 4. The first kappa shape index (κ1) is 31.8. The molecule has 0 aromatic heterocycles. The molecule has 0 heterocycles. The summed E-state index contributed by atoms with van der Waals surface area (Å²) in [5, 5.41) is 37.0. The molecule has 0 fully saturated rings. The molecule has 0 saturated carbocycles. The van der Waals surface area contributed by atoms with E-state index in [9.17, 15) is 39.6 Å². The molecule has 0 saturated heterocycles. The van der Waals surface area contributed by atoms with E-state index in [1.165, 1.54) is 27.7 Å². The molecule has 0 aromatic carbocycles. The molecule has 0 spiro atoms. The number of aliphatic carboxylic acids is 4. The molecule has 120 valence electrons. The van der Waals surface area contributed by atoms with E-state index in [0.29, 0.717) is 0 Å². The van der Waals surface area contributed by atoms with Crippen LogP contribution in [0.25, 0.3) is 0 Å². The second kappa shape index (κ2) is 27.0. The van der Waals surface area contributed by atoms with Crippen molar-refractivity contribution in [3.05, 3.63) is 0 Å². The molecule has 0 N–H and O–H groups in total. The molecule has 0 atom stereocenters. The van der Waals surface area contributed by atoms with Gasteiger partial charge >= 0.3 is 21.7 Å². The van der Waals surface area contributed by atoms with E-state index in [2.05, 4.69) is 0 Å². The van der Waals surface area contributed by atoms with Crippen molar-refractivity contribution in [3.63, 3.8) is 0 Å². The maximum atomic E-state index is 9.26. The van der Waals surface area contributed by atoms with Crippen molar-refractivity contribution in [2.75, 3.05) is 0 Å². The van der Waals surface area contributed by atoms with Gasteiger partial charge in [-0.25, -0.2) is 0 Å². The van der Waals surface area contributed by atoms with Crippen molar-refractivity contribution in [1.29, 1.82) is 0 Å². The molecule has 0 aliphatic heterocycles. The normalized spacial score (nSPS) is 7.05. The Kier molecular flexibility index (Phi) is 40.9. The number of hydrogen-bond donors (Lipinski definition) is 0. The zero-order valence-corrected chi connectivity index (χ0v) is 14.2. The summed E-state index contributed by atoms with van der Waals surface area (Å²) >= 11 is 0. The molecule has 0 bridgehead atoms. The summed E-state index contributed by atoms with van der Waals surface area (Å²) < 4.78 is 0. The Morgan fingerprint density at radius 3 is 0.571 bits per heavy atom. The van der Waals surface area contributed by atoms with Gasteiger partial charge in [0.1, 0.15) is 0 Å². The van der Waals surface area contributed by atoms with Gasteiger partial charge in [-0.1, -0.05) is 27.7 Å². The van der Waals surface area contributed by atoms with E-state index < -0.39 is 23.9 Å². The fourth-order valence-corrected chi connectivity index (χ4v) is 0.